The molecule has 2 N–H and O–H groups in total. The summed E-state index contributed by atoms with van der Waals surface area (Å²) < 4.78 is 10.6. The number of ketones is 1. The maximum atomic E-state index is 13.2. The normalized spacial score (nSPS) is 13.2. The molecule has 0 aliphatic carbocycles. The zero-order valence-corrected chi connectivity index (χ0v) is 22.1. The van der Waals surface area contributed by atoms with E-state index < -0.39 is 11.7 Å². The SMILES string of the molecule is C/C=C\c1nc(C(C#N)=C2CCN(C(=O)C(=O)c3c[nH]c4c(OC)ncc(OC)c34)CC2)[nH]c1C.CC. The van der Waals surface area contributed by atoms with Gasteiger partial charge in [-0.3, -0.25) is 9.59 Å². The number of H-pyrrole nitrogens is 2. The monoisotopic (exact) mass is 504 g/mol. The van der Waals surface area contributed by atoms with Crippen molar-refractivity contribution < 1.29 is 19.1 Å². The van der Waals surface area contributed by atoms with Crippen LogP contribution in [0.15, 0.2) is 24.0 Å². The van der Waals surface area contributed by atoms with E-state index in [4.69, 9.17) is 9.47 Å². The number of carbonyl (C=O) groups is 2. The Kier molecular flexibility index (Phi) is 8.85. The van der Waals surface area contributed by atoms with E-state index in [1.54, 1.807) is 0 Å². The van der Waals surface area contributed by atoms with Crippen molar-refractivity contribution in [2.45, 2.75) is 40.5 Å². The third-order valence-electron chi connectivity index (χ3n) is 6.09. The van der Waals surface area contributed by atoms with Gasteiger partial charge < -0.3 is 24.3 Å². The highest BCUT2D eigenvalue weighted by Gasteiger charge is 2.30. The molecular weight excluding hydrogens is 472 g/mol. The molecule has 10 heteroatoms. The lowest BCUT2D eigenvalue weighted by molar-refractivity contribution is -0.126. The Morgan fingerprint density at radius 1 is 1.19 bits per heavy atom. The third kappa shape index (κ3) is 5.26. The van der Waals surface area contributed by atoms with E-state index in [0.29, 0.717) is 59.9 Å². The number of rotatable bonds is 6. The van der Waals surface area contributed by atoms with E-state index >= 15 is 0 Å². The lowest BCUT2D eigenvalue weighted by Gasteiger charge is -2.28. The number of aromatic nitrogens is 4. The number of aryl methyl sites for hydroxylation is 1. The number of hydrogen-bond acceptors (Lipinski definition) is 7. The number of nitriles is 1. The van der Waals surface area contributed by atoms with Crippen LogP contribution in [-0.4, -0.2) is 63.8 Å². The van der Waals surface area contributed by atoms with E-state index in [-0.39, 0.29) is 5.56 Å². The molecule has 0 unspecified atom stereocenters. The Balaban J connectivity index is 0.00000186. The maximum absolute atomic E-state index is 13.2. The quantitative estimate of drug-likeness (QED) is 0.287. The number of carbonyl (C=O) groups excluding carboxylic acids is 2. The number of ether oxygens (including phenoxy) is 2. The van der Waals surface area contributed by atoms with Crippen LogP contribution in [0.4, 0.5) is 0 Å². The molecule has 0 aromatic carbocycles. The summed E-state index contributed by atoms with van der Waals surface area (Å²) in [6.07, 6.45) is 7.67. The Hall–Kier alpha value is -4.39. The van der Waals surface area contributed by atoms with Gasteiger partial charge in [-0.05, 0) is 38.3 Å². The van der Waals surface area contributed by atoms with E-state index in [2.05, 4.69) is 26.0 Å². The number of hydrogen-bond donors (Lipinski definition) is 2. The fourth-order valence-electron chi connectivity index (χ4n) is 4.28. The topological polar surface area (TPSA) is 137 Å². The number of imidazole rings is 1. The average molecular weight is 505 g/mol. The molecule has 0 saturated carbocycles. The molecule has 1 fully saturated rings. The molecule has 1 amide bonds. The first-order valence-electron chi connectivity index (χ1n) is 12.2. The predicted molar refractivity (Wildman–Crippen MR) is 141 cm³/mol. The number of nitrogens with one attached hydrogen (secondary N) is 2. The lowest BCUT2D eigenvalue weighted by Crippen LogP contribution is -2.40. The Morgan fingerprint density at radius 3 is 2.49 bits per heavy atom. The highest BCUT2D eigenvalue weighted by Crippen LogP contribution is 2.34. The molecule has 0 atom stereocenters. The molecule has 1 aliphatic rings. The summed E-state index contributed by atoms with van der Waals surface area (Å²) >= 11 is 0. The maximum Gasteiger partial charge on any atom is 0.295 e. The predicted octanol–water partition coefficient (Wildman–Crippen LogP) is 4.45. The number of methoxy groups -OCH3 is 2. The number of amides is 1. The van der Waals surface area contributed by atoms with E-state index in [0.717, 1.165) is 17.0 Å². The fourth-order valence-corrected chi connectivity index (χ4v) is 4.28. The second kappa shape index (κ2) is 12.0. The van der Waals surface area contributed by atoms with E-state index in [9.17, 15) is 14.9 Å². The summed E-state index contributed by atoms with van der Waals surface area (Å²) in [5, 5.41) is 10.2. The van der Waals surface area contributed by atoms with Gasteiger partial charge in [-0.25, -0.2) is 9.97 Å². The molecule has 4 rings (SSSR count). The molecule has 1 aliphatic heterocycles. The van der Waals surface area contributed by atoms with Crippen molar-refractivity contribution in [2.75, 3.05) is 27.3 Å². The molecule has 10 nitrogen and oxygen atoms in total. The minimum Gasteiger partial charge on any atom is -0.494 e. The molecule has 37 heavy (non-hydrogen) atoms. The van der Waals surface area contributed by atoms with Crippen LogP contribution in [0.2, 0.25) is 0 Å². The third-order valence-corrected chi connectivity index (χ3v) is 6.09. The highest BCUT2D eigenvalue weighted by atomic mass is 16.5. The van der Waals surface area contributed by atoms with Gasteiger partial charge in [0.1, 0.15) is 23.2 Å². The molecule has 4 heterocycles. The number of nitrogens with zero attached hydrogens (tertiary/aromatic N) is 4. The summed E-state index contributed by atoms with van der Waals surface area (Å²) in [4.78, 5) is 42.6. The van der Waals surface area contributed by atoms with Crippen LogP contribution in [0.1, 0.15) is 61.2 Å². The van der Waals surface area contributed by atoms with Crippen molar-refractivity contribution in [1.82, 2.24) is 24.8 Å². The number of likely N-dealkylation sites (tertiary alicyclic amines) is 1. The van der Waals surface area contributed by atoms with Gasteiger partial charge in [0.05, 0.1) is 42.6 Å². The summed E-state index contributed by atoms with van der Waals surface area (Å²) in [6, 6.07) is 2.26. The number of piperidine rings is 1. The molecule has 0 spiro atoms. The minimum absolute atomic E-state index is 0.198. The molecule has 3 aromatic heterocycles. The molecule has 1 saturated heterocycles. The second-order valence-electron chi connectivity index (χ2n) is 8.10. The van der Waals surface area contributed by atoms with Gasteiger partial charge in [0, 0.05) is 25.0 Å². The number of fused-ring (bicyclic) bond motifs is 1. The number of aromatic amines is 2. The molecule has 194 valence electrons. The number of Topliss-reactive ketones (excluding diaryl/α,β-unsaturated/α-hetero) is 1. The number of pyridine rings is 1. The first kappa shape index (κ1) is 27.2. The van der Waals surface area contributed by atoms with Crippen LogP contribution < -0.4 is 9.47 Å². The molecule has 0 bridgehead atoms. The van der Waals surface area contributed by atoms with Gasteiger partial charge >= 0.3 is 0 Å². The molecule has 0 radical (unpaired) electrons. The van der Waals surface area contributed by atoms with Crippen LogP contribution in [-0.2, 0) is 4.79 Å². The van der Waals surface area contributed by atoms with Crippen LogP contribution in [0.5, 0.6) is 11.6 Å². The first-order valence-corrected chi connectivity index (χ1v) is 12.2. The van der Waals surface area contributed by atoms with Crippen LogP contribution >= 0.6 is 0 Å². The van der Waals surface area contributed by atoms with Gasteiger partial charge in [-0.2, -0.15) is 5.26 Å². The van der Waals surface area contributed by atoms with Crippen molar-refractivity contribution in [2.24, 2.45) is 0 Å². The molecular formula is C27H32N6O4. The lowest BCUT2D eigenvalue weighted by atomic mass is 9.97. The summed E-state index contributed by atoms with van der Waals surface area (Å²) in [5.41, 5.74) is 3.75. The Labute approximate surface area is 216 Å². The van der Waals surface area contributed by atoms with Gasteiger partial charge in [0.15, 0.2) is 0 Å². The van der Waals surface area contributed by atoms with Crippen molar-refractivity contribution in [3.05, 3.63) is 46.8 Å². The number of allylic oxidation sites excluding steroid dienone is 2. The fraction of sp³-hybridized carbons (Fsp3) is 0.370. The smallest absolute Gasteiger partial charge is 0.295 e. The standard InChI is InChI=1S/C25H26N6O4.C2H6/c1-5-6-18-14(2)29-23(30-18)16(11-26)15-7-9-31(10-8-15)25(33)22(32)17-12-27-21-20(17)19(34-3)13-28-24(21)35-4;1-2/h5-6,12-13,27H,7-10H2,1-4H3,(H,29,30);1-2H3/b6-5-;. The second-order valence-corrected chi connectivity index (χ2v) is 8.10. The van der Waals surface area contributed by atoms with Crippen LogP contribution in [0, 0.1) is 18.3 Å². The van der Waals surface area contributed by atoms with Gasteiger partial charge in [-0.15, -0.1) is 0 Å². The summed E-state index contributed by atoms with van der Waals surface area (Å²) in [7, 11) is 2.95. The van der Waals surface area contributed by atoms with Crippen LogP contribution in [0.3, 0.4) is 0 Å². The van der Waals surface area contributed by atoms with Gasteiger partial charge in [0.25, 0.3) is 11.7 Å². The summed E-state index contributed by atoms with van der Waals surface area (Å²) in [5.74, 6) is -0.0575. The zero-order valence-electron chi connectivity index (χ0n) is 22.1. The Bertz CT molecular complexity index is 1400. The van der Waals surface area contributed by atoms with E-state index in [1.807, 2.05) is 39.8 Å². The first-order chi connectivity index (χ1) is 17.9. The summed E-state index contributed by atoms with van der Waals surface area (Å²) in [6.45, 7) is 8.47. The van der Waals surface area contributed by atoms with E-state index in [1.165, 1.54) is 31.5 Å². The Morgan fingerprint density at radius 2 is 1.89 bits per heavy atom. The van der Waals surface area contributed by atoms with Crippen molar-refractivity contribution >= 4 is 34.2 Å². The van der Waals surface area contributed by atoms with Crippen molar-refractivity contribution in [1.29, 1.82) is 5.26 Å². The van der Waals surface area contributed by atoms with Crippen molar-refractivity contribution in [3.8, 4) is 17.7 Å². The minimum atomic E-state index is -0.645. The van der Waals surface area contributed by atoms with Gasteiger partial charge in [0.2, 0.25) is 5.88 Å². The zero-order chi connectivity index (χ0) is 27.1. The van der Waals surface area contributed by atoms with Crippen LogP contribution in [0.25, 0.3) is 22.6 Å². The largest absolute Gasteiger partial charge is 0.494 e. The highest BCUT2D eigenvalue weighted by molar-refractivity contribution is 6.45. The average Bonchev–Trinajstić information content (AvgIpc) is 3.53. The van der Waals surface area contributed by atoms with Crippen molar-refractivity contribution in [3.63, 3.8) is 0 Å². The van der Waals surface area contributed by atoms with Gasteiger partial charge in [-0.1, -0.05) is 19.9 Å². The molecule has 3 aromatic rings.